The van der Waals surface area contributed by atoms with Gasteiger partial charge in [0.05, 0.1) is 0 Å². The summed E-state index contributed by atoms with van der Waals surface area (Å²) in [5, 5.41) is 1.36. The van der Waals surface area contributed by atoms with Crippen LogP contribution in [0.3, 0.4) is 0 Å². The van der Waals surface area contributed by atoms with Gasteiger partial charge < -0.3 is 4.98 Å². The summed E-state index contributed by atoms with van der Waals surface area (Å²) in [6.07, 6.45) is 5.63. The van der Waals surface area contributed by atoms with Gasteiger partial charge >= 0.3 is 0 Å². The maximum Gasteiger partial charge on any atom is 0.0457 e. The summed E-state index contributed by atoms with van der Waals surface area (Å²) in [5.41, 5.74) is 4.16. The molecular formula is C15H18N2. The van der Waals surface area contributed by atoms with Crippen LogP contribution in [0.1, 0.15) is 24.9 Å². The number of hydrogen-bond donors (Lipinski definition) is 1. The Labute approximate surface area is 102 Å². The van der Waals surface area contributed by atoms with Crippen LogP contribution in [-0.2, 0) is 0 Å². The Morgan fingerprint density at radius 2 is 2.12 bits per heavy atom. The summed E-state index contributed by atoms with van der Waals surface area (Å²) in [4.78, 5) is 5.79. The van der Waals surface area contributed by atoms with Crippen molar-refractivity contribution in [3.8, 4) is 0 Å². The highest BCUT2D eigenvalue weighted by molar-refractivity contribution is 5.83. The molecule has 0 fully saturated rings. The zero-order chi connectivity index (χ0) is 11.8. The molecule has 0 radical (unpaired) electrons. The van der Waals surface area contributed by atoms with Gasteiger partial charge in [0, 0.05) is 29.7 Å². The number of rotatable bonds is 1. The van der Waals surface area contributed by atoms with E-state index in [1.165, 1.54) is 22.0 Å². The van der Waals surface area contributed by atoms with Crippen molar-refractivity contribution in [1.29, 1.82) is 0 Å². The van der Waals surface area contributed by atoms with E-state index >= 15 is 0 Å². The first kappa shape index (κ1) is 10.6. The first-order valence-corrected chi connectivity index (χ1v) is 6.17. The van der Waals surface area contributed by atoms with Crippen molar-refractivity contribution in [2.24, 2.45) is 0 Å². The zero-order valence-electron chi connectivity index (χ0n) is 10.4. The van der Waals surface area contributed by atoms with Crippen molar-refractivity contribution in [3.63, 3.8) is 0 Å². The highest BCUT2D eigenvalue weighted by Gasteiger charge is 2.22. The number of fused-ring (bicyclic) bond motifs is 1. The normalized spacial score (nSPS) is 21.8. The van der Waals surface area contributed by atoms with E-state index < -0.39 is 0 Å². The third-order valence-electron chi connectivity index (χ3n) is 3.76. The summed E-state index contributed by atoms with van der Waals surface area (Å²) in [7, 11) is 2.20. The van der Waals surface area contributed by atoms with Gasteiger partial charge in [-0.3, -0.25) is 4.90 Å². The van der Waals surface area contributed by atoms with Crippen LogP contribution in [0, 0.1) is 0 Å². The molecule has 0 amide bonds. The maximum atomic E-state index is 3.37. The van der Waals surface area contributed by atoms with Crippen LogP contribution in [0.5, 0.6) is 0 Å². The third kappa shape index (κ3) is 1.79. The van der Waals surface area contributed by atoms with Gasteiger partial charge in [-0.15, -0.1) is 0 Å². The van der Waals surface area contributed by atoms with Crippen LogP contribution in [0.4, 0.5) is 0 Å². The summed E-state index contributed by atoms with van der Waals surface area (Å²) in [6.45, 7) is 3.28. The molecule has 0 aliphatic carbocycles. The van der Waals surface area contributed by atoms with Gasteiger partial charge in [0.25, 0.3) is 0 Å². The molecule has 0 bridgehead atoms. The lowest BCUT2D eigenvalue weighted by molar-refractivity contribution is 0.256. The lowest BCUT2D eigenvalue weighted by Gasteiger charge is -2.31. The van der Waals surface area contributed by atoms with Gasteiger partial charge in [0.1, 0.15) is 0 Å². The van der Waals surface area contributed by atoms with Gasteiger partial charge in [-0.25, -0.2) is 0 Å². The van der Waals surface area contributed by atoms with Gasteiger partial charge in [-0.1, -0.05) is 29.8 Å². The fourth-order valence-electron chi connectivity index (χ4n) is 2.69. The average molecular weight is 226 g/mol. The molecule has 2 aromatic rings. The minimum Gasteiger partial charge on any atom is -0.361 e. The molecule has 1 unspecified atom stereocenters. The number of para-hydroxylation sites is 1. The fraction of sp³-hybridized carbons (Fsp3) is 0.333. The van der Waals surface area contributed by atoms with Crippen molar-refractivity contribution in [2.45, 2.75) is 19.4 Å². The van der Waals surface area contributed by atoms with Gasteiger partial charge in [0.2, 0.25) is 0 Å². The molecule has 2 nitrogen and oxygen atoms in total. The molecule has 1 atom stereocenters. The topological polar surface area (TPSA) is 19.0 Å². The Morgan fingerprint density at radius 3 is 3.00 bits per heavy atom. The molecule has 1 aliphatic rings. The lowest BCUT2D eigenvalue weighted by atomic mass is 9.95. The van der Waals surface area contributed by atoms with Crippen LogP contribution >= 0.6 is 0 Å². The molecule has 1 N–H and O–H groups in total. The summed E-state index contributed by atoms with van der Waals surface area (Å²) in [5.74, 6) is 0. The van der Waals surface area contributed by atoms with E-state index in [1.807, 2.05) is 0 Å². The molecule has 0 saturated heterocycles. The van der Waals surface area contributed by atoms with Crippen molar-refractivity contribution in [2.75, 3.05) is 13.6 Å². The van der Waals surface area contributed by atoms with Crippen LogP contribution < -0.4 is 0 Å². The number of benzene rings is 1. The zero-order valence-corrected chi connectivity index (χ0v) is 10.4. The van der Waals surface area contributed by atoms with Crippen LogP contribution in [0.15, 0.2) is 42.1 Å². The highest BCUT2D eigenvalue weighted by Crippen LogP contribution is 2.34. The summed E-state index contributed by atoms with van der Waals surface area (Å²) >= 11 is 0. The predicted octanol–water partition coefficient (Wildman–Crippen LogP) is 3.49. The SMILES string of the molecule is CC1=CCN(C)C(c2c[nH]c3ccccc23)C1. The largest absolute Gasteiger partial charge is 0.361 e. The number of nitrogens with zero attached hydrogens (tertiary/aromatic N) is 1. The first-order valence-electron chi connectivity index (χ1n) is 6.17. The van der Waals surface area contributed by atoms with Gasteiger partial charge in [0.15, 0.2) is 0 Å². The maximum absolute atomic E-state index is 3.37. The smallest absolute Gasteiger partial charge is 0.0457 e. The Kier molecular flexibility index (Phi) is 2.52. The Balaban J connectivity index is 2.06. The van der Waals surface area contributed by atoms with E-state index in [-0.39, 0.29) is 0 Å². The number of aromatic nitrogens is 1. The van der Waals surface area contributed by atoms with E-state index in [4.69, 9.17) is 0 Å². The Hall–Kier alpha value is -1.54. The molecule has 17 heavy (non-hydrogen) atoms. The minimum atomic E-state index is 0.510. The highest BCUT2D eigenvalue weighted by atomic mass is 15.1. The van der Waals surface area contributed by atoms with E-state index in [2.05, 4.69) is 60.4 Å². The molecule has 88 valence electrons. The summed E-state index contributed by atoms with van der Waals surface area (Å²) < 4.78 is 0. The van der Waals surface area contributed by atoms with E-state index in [1.54, 1.807) is 0 Å². The fourth-order valence-corrected chi connectivity index (χ4v) is 2.69. The number of aromatic amines is 1. The number of nitrogens with one attached hydrogen (secondary N) is 1. The standard InChI is InChI=1S/C15H18N2/c1-11-7-8-17(2)15(9-11)13-10-16-14-6-4-3-5-12(13)14/h3-7,10,15-16H,8-9H2,1-2H3. The second kappa shape index (κ2) is 4.04. The van der Waals surface area contributed by atoms with Crippen LogP contribution in [0.2, 0.25) is 0 Å². The van der Waals surface area contributed by atoms with E-state index in [9.17, 15) is 0 Å². The number of likely N-dealkylation sites (N-methyl/N-ethyl adjacent to an activating group) is 1. The predicted molar refractivity (Wildman–Crippen MR) is 72.0 cm³/mol. The van der Waals surface area contributed by atoms with Crippen LogP contribution in [-0.4, -0.2) is 23.5 Å². The average Bonchev–Trinajstić information content (AvgIpc) is 2.76. The number of hydrogen-bond acceptors (Lipinski definition) is 1. The third-order valence-corrected chi connectivity index (χ3v) is 3.76. The summed E-state index contributed by atoms with van der Waals surface area (Å²) in [6, 6.07) is 9.06. The van der Waals surface area contributed by atoms with Gasteiger partial charge in [-0.2, -0.15) is 0 Å². The van der Waals surface area contributed by atoms with Gasteiger partial charge in [-0.05, 0) is 32.0 Å². The Bertz CT molecular complexity index is 565. The molecular weight excluding hydrogens is 208 g/mol. The minimum absolute atomic E-state index is 0.510. The molecule has 0 saturated carbocycles. The molecule has 0 spiro atoms. The monoisotopic (exact) mass is 226 g/mol. The number of H-pyrrole nitrogens is 1. The first-order chi connectivity index (χ1) is 8.25. The molecule has 2 heteroatoms. The lowest BCUT2D eigenvalue weighted by Crippen LogP contribution is -2.28. The second-order valence-electron chi connectivity index (χ2n) is 5.00. The molecule has 1 aromatic carbocycles. The van der Waals surface area contributed by atoms with E-state index in [0.29, 0.717) is 6.04 Å². The quantitative estimate of drug-likeness (QED) is 0.737. The molecule has 2 heterocycles. The molecule has 1 aromatic heterocycles. The van der Waals surface area contributed by atoms with Crippen molar-refractivity contribution >= 4 is 10.9 Å². The van der Waals surface area contributed by atoms with Crippen molar-refractivity contribution in [1.82, 2.24) is 9.88 Å². The van der Waals surface area contributed by atoms with Crippen molar-refractivity contribution in [3.05, 3.63) is 47.7 Å². The van der Waals surface area contributed by atoms with E-state index in [0.717, 1.165) is 13.0 Å². The molecule has 1 aliphatic heterocycles. The second-order valence-corrected chi connectivity index (χ2v) is 5.00. The molecule has 3 rings (SSSR count). The Morgan fingerprint density at radius 1 is 1.29 bits per heavy atom. The van der Waals surface area contributed by atoms with Crippen LogP contribution in [0.25, 0.3) is 10.9 Å². The van der Waals surface area contributed by atoms with Crippen molar-refractivity contribution < 1.29 is 0 Å².